The number of primary amides is 1. The first kappa shape index (κ1) is 18.8. The molecule has 0 saturated carbocycles. The molecule has 3 N–H and O–H groups in total. The van der Waals surface area contributed by atoms with Gasteiger partial charge >= 0.3 is 0 Å². The molecular formula is C23H25N5O2. The number of allylic oxidation sites excluding steroid dienone is 1. The van der Waals surface area contributed by atoms with E-state index in [2.05, 4.69) is 26.3 Å². The quantitative estimate of drug-likeness (QED) is 0.798. The zero-order valence-electron chi connectivity index (χ0n) is 16.8. The average Bonchev–Trinajstić information content (AvgIpc) is 3.31. The van der Waals surface area contributed by atoms with E-state index < -0.39 is 5.91 Å². The van der Waals surface area contributed by atoms with Gasteiger partial charge in [0, 0.05) is 48.7 Å². The van der Waals surface area contributed by atoms with E-state index in [0.717, 1.165) is 54.6 Å². The van der Waals surface area contributed by atoms with Crippen LogP contribution in [0.3, 0.4) is 0 Å². The fourth-order valence-corrected chi connectivity index (χ4v) is 5.21. The Morgan fingerprint density at radius 3 is 2.70 bits per heavy atom. The van der Waals surface area contributed by atoms with Crippen LogP contribution < -0.4 is 11.1 Å². The Bertz CT molecular complexity index is 1010. The fraction of sp³-hybridized carbons (Fsp3) is 0.391. The summed E-state index contributed by atoms with van der Waals surface area (Å²) in [5.41, 5.74) is 9.73. The van der Waals surface area contributed by atoms with Crippen LogP contribution in [0.5, 0.6) is 0 Å². The minimum Gasteiger partial charge on any atom is -0.381 e. The predicted molar refractivity (Wildman–Crippen MR) is 114 cm³/mol. The van der Waals surface area contributed by atoms with E-state index in [1.807, 2.05) is 18.2 Å². The minimum atomic E-state index is -0.472. The number of piperidine rings is 1. The molecule has 3 atom stereocenters. The second-order valence-electron chi connectivity index (χ2n) is 8.41. The summed E-state index contributed by atoms with van der Waals surface area (Å²) in [6.45, 7) is 0. The number of rotatable bonds is 5. The molecule has 1 aliphatic carbocycles. The zero-order valence-corrected chi connectivity index (χ0v) is 16.8. The van der Waals surface area contributed by atoms with Gasteiger partial charge in [-0.3, -0.25) is 19.6 Å². The number of hydrogen-bond donors (Lipinski definition) is 2. The molecule has 2 aliphatic heterocycles. The third-order valence-electron chi connectivity index (χ3n) is 6.51. The number of nitrogens with two attached hydrogens (primary N) is 1. The standard InChI is InChI=1S/C23H25N5O2/c24-23(30)19-13-26-20-5-1-4-18(20)22(19)27-15-10-16-6-7-17(11-15)28(16)21(29)9-14-3-2-8-25-12-14/h1-4,8,12-13,15-17H,5-7,9-11H2,(H2,24,30)(H,26,27)/t15?,16-,17+. The number of amides is 2. The highest BCUT2D eigenvalue weighted by Gasteiger charge is 2.43. The SMILES string of the molecule is NC(=O)c1cnc2c(c1NC1C[C@H]3CC[C@@H](C1)N3C(=O)Cc1cccnc1)C=CC2. The molecule has 0 radical (unpaired) electrons. The topological polar surface area (TPSA) is 101 Å². The number of hydrogen-bond acceptors (Lipinski definition) is 5. The van der Waals surface area contributed by atoms with Gasteiger partial charge in [0.1, 0.15) is 0 Å². The van der Waals surface area contributed by atoms with Crippen LogP contribution >= 0.6 is 0 Å². The van der Waals surface area contributed by atoms with Crippen molar-refractivity contribution < 1.29 is 9.59 Å². The third kappa shape index (κ3) is 3.34. The number of carbonyl (C=O) groups is 2. The fourth-order valence-electron chi connectivity index (χ4n) is 5.21. The summed E-state index contributed by atoms with van der Waals surface area (Å²) < 4.78 is 0. The highest BCUT2D eigenvalue weighted by molar-refractivity contribution is 6.00. The van der Waals surface area contributed by atoms with Crippen molar-refractivity contribution in [1.29, 1.82) is 0 Å². The van der Waals surface area contributed by atoms with Crippen LogP contribution in [0.15, 0.2) is 36.8 Å². The van der Waals surface area contributed by atoms with E-state index in [1.54, 1.807) is 18.6 Å². The molecule has 0 spiro atoms. The molecule has 2 saturated heterocycles. The summed E-state index contributed by atoms with van der Waals surface area (Å²) >= 11 is 0. The van der Waals surface area contributed by atoms with Crippen molar-refractivity contribution >= 4 is 23.6 Å². The van der Waals surface area contributed by atoms with E-state index >= 15 is 0 Å². The minimum absolute atomic E-state index is 0.180. The van der Waals surface area contributed by atoms with Crippen LogP contribution in [-0.4, -0.2) is 44.8 Å². The van der Waals surface area contributed by atoms with Gasteiger partial charge in [0.05, 0.1) is 23.4 Å². The van der Waals surface area contributed by atoms with Crippen molar-refractivity contribution in [3.05, 3.63) is 59.2 Å². The first-order chi connectivity index (χ1) is 14.6. The van der Waals surface area contributed by atoms with Gasteiger partial charge in [0.15, 0.2) is 0 Å². The van der Waals surface area contributed by atoms with E-state index in [0.29, 0.717) is 12.0 Å². The molecule has 2 aromatic rings. The number of anilines is 1. The second-order valence-corrected chi connectivity index (χ2v) is 8.41. The van der Waals surface area contributed by atoms with Crippen molar-refractivity contribution in [2.24, 2.45) is 5.73 Å². The number of nitrogens with zero attached hydrogens (tertiary/aromatic N) is 3. The third-order valence-corrected chi connectivity index (χ3v) is 6.51. The van der Waals surface area contributed by atoms with Crippen LogP contribution in [0.25, 0.3) is 6.08 Å². The zero-order chi connectivity index (χ0) is 20.7. The van der Waals surface area contributed by atoms with Crippen LogP contribution in [0.4, 0.5) is 5.69 Å². The Morgan fingerprint density at radius 2 is 2.00 bits per heavy atom. The van der Waals surface area contributed by atoms with E-state index in [1.165, 1.54) is 0 Å². The lowest BCUT2D eigenvalue weighted by Gasteiger charge is -2.40. The van der Waals surface area contributed by atoms with Crippen molar-refractivity contribution in [2.75, 3.05) is 5.32 Å². The molecule has 5 rings (SSSR count). The summed E-state index contributed by atoms with van der Waals surface area (Å²) in [4.78, 5) is 35.6. The highest BCUT2D eigenvalue weighted by Crippen LogP contribution is 2.39. The summed E-state index contributed by atoms with van der Waals surface area (Å²) in [5, 5.41) is 3.60. The summed E-state index contributed by atoms with van der Waals surface area (Å²) in [6.07, 6.45) is 14.1. The molecule has 0 aromatic carbocycles. The Morgan fingerprint density at radius 1 is 1.20 bits per heavy atom. The van der Waals surface area contributed by atoms with Crippen LogP contribution in [0.1, 0.15) is 52.9 Å². The number of aromatic nitrogens is 2. The molecule has 2 bridgehead atoms. The lowest BCUT2D eigenvalue weighted by molar-refractivity contribution is -0.134. The largest absolute Gasteiger partial charge is 0.381 e. The van der Waals surface area contributed by atoms with Gasteiger partial charge in [-0.15, -0.1) is 0 Å². The van der Waals surface area contributed by atoms with Gasteiger partial charge in [0.25, 0.3) is 5.91 Å². The van der Waals surface area contributed by atoms with Crippen molar-refractivity contribution in [3.8, 4) is 0 Å². The van der Waals surface area contributed by atoms with Crippen LogP contribution in [-0.2, 0) is 17.6 Å². The van der Waals surface area contributed by atoms with E-state index in [9.17, 15) is 9.59 Å². The van der Waals surface area contributed by atoms with Crippen molar-refractivity contribution in [1.82, 2.24) is 14.9 Å². The Hall–Kier alpha value is -3.22. The monoisotopic (exact) mass is 403 g/mol. The molecular weight excluding hydrogens is 378 g/mol. The van der Waals surface area contributed by atoms with E-state index in [4.69, 9.17) is 5.73 Å². The molecule has 30 heavy (non-hydrogen) atoms. The maximum absolute atomic E-state index is 13.0. The van der Waals surface area contributed by atoms with Gasteiger partial charge in [0.2, 0.25) is 5.91 Å². The number of carbonyl (C=O) groups excluding carboxylic acids is 2. The summed E-state index contributed by atoms with van der Waals surface area (Å²) in [5.74, 6) is -0.292. The maximum atomic E-state index is 13.0. The smallest absolute Gasteiger partial charge is 0.252 e. The molecule has 154 valence electrons. The van der Waals surface area contributed by atoms with Gasteiger partial charge in [-0.1, -0.05) is 18.2 Å². The number of nitrogens with one attached hydrogen (secondary N) is 1. The van der Waals surface area contributed by atoms with E-state index in [-0.39, 0.29) is 24.0 Å². The Balaban J connectivity index is 1.33. The molecule has 4 heterocycles. The molecule has 2 amide bonds. The Labute approximate surface area is 175 Å². The maximum Gasteiger partial charge on any atom is 0.252 e. The Kier molecular flexibility index (Phi) is 4.73. The lowest BCUT2D eigenvalue weighted by atomic mass is 9.95. The second kappa shape index (κ2) is 7.55. The number of pyridine rings is 2. The average molecular weight is 403 g/mol. The van der Waals surface area contributed by atoms with Crippen molar-refractivity contribution in [2.45, 2.75) is 56.7 Å². The van der Waals surface area contributed by atoms with Gasteiger partial charge in [-0.2, -0.15) is 0 Å². The summed E-state index contributed by atoms with van der Waals surface area (Å²) in [7, 11) is 0. The molecule has 2 aromatic heterocycles. The van der Waals surface area contributed by atoms with Crippen molar-refractivity contribution in [3.63, 3.8) is 0 Å². The molecule has 1 unspecified atom stereocenters. The molecule has 7 nitrogen and oxygen atoms in total. The van der Waals surface area contributed by atoms with Crippen LogP contribution in [0.2, 0.25) is 0 Å². The predicted octanol–water partition coefficient (Wildman–Crippen LogP) is 2.32. The van der Waals surface area contributed by atoms with Gasteiger partial charge in [-0.25, -0.2) is 0 Å². The molecule has 3 aliphatic rings. The molecule has 7 heteroatoms. The molecule has 2 fully saturated rings. The highest BCUT2D eigenvalue weighted by atomic mass is 16.2. The first-order valence-electron chi connectivity index (χ1n) is 10.5. The summed E-state index contributed by atoms with van der Waals surface area (Å²) in [6, 6.07) is 4.47. The van der Waals surface area contributed by atoms with Crippen LogP contribution in [0, 0.1) is 0 Å². The van der Waals surface area contributed by atoms with Gasteiger partial charge in [-0.05, 0) is 37.3 Å². The number of fused-ring (bicyclic) bond motifs is 3. The first-order valence-corrected chi connectivity index (χ1v) is 10.5. The van der Waals surface area contributed by atoms with Gasteiger partial charge < -0.3 is 16.0 Å². The lowest BCUT2D eigenvalue weighted by Crippen LogP contribution is -2.50. The normalized spacial score (nSPS) is 24.0.